The number of ether oxygens (including phenoxy) is 1. The Morgan fingerprint density at radius 3 is 2.16 bits per heavy atom. The van der Waals surface area contributed by atoms with Crippen molar-refractivity contribution in [3.05, 3.63) is 46.0 Å². The number of esters is 1. The molecule has 0 saturated carbocycles. The number of hydrogen-bond donors (Lipinski definition) is 2. The third-order valence-electron chi connectivity index (χ3n) is 6.74. The Hall–Kier alpha value is -2.19. The van der Waals surface area contributed by atoms with Crippen LogP contribution in [0.5, 0.6) is 0 Å². The van der Waals surface area contributed by atoms with E-state index in [-0.39, 0.29) is 30.4 Å². The van der Waals surface area contributed by atoms with Crippen molar-refractivity contribution in [1.82, 2.24) is 15.5 Å². The molecular formula is C29H46BrN3O4. The molecule has 0 aliphatic heterocycles. The van der Waals surface area contributed by atoms with Gasteiger partial charge in [-0.15, -0.1) is 0 Å². The topological polar surface area (TPSA) is 87.7 Å². The maximum atomic E-state index is 13.9. The van der Waals surface area contributed by atoms with E-state index in [1.807, 2.05) is 72.7 Å². The fourth-order valence-corrected chi connectivity index (χ4v) is 4.82. The summed E-state index contributed by atoms with van der Waals surface area (Å²) >= 11 is 3.52. The molecule has 1 unspecified atom stereocenters. The smallest absolute Gasteiger partial charge is 0.333 e. The molecule has 1 aromatic carbocycles. The van der Waals surface area contributed by atoms with Gasteiger partial charge < -0.3 is 20.3 Å². The van der Waals surface area contributed by atoms with Crippen molar-refractivity contribution in [2.24, 2.45) is 11.3 Å². The van der Waals surface area contributed by atoms with Gasteiger partial charge in [-0.05, 0) is 49.9 Å². The van der Waals surface area contributed by atoms with Crippen LogP contribution in [0.15, 0.2) is 40.4 Å². The van der Waals surface area contributed by atoms with Crippen LogP contribution in [0.3, 0.4) is 0 Å². The molecule has 2 N–H and O–H groups in total. The van der Waals surface area contributed by atoms with Gasteiger partial charge in [0.2, 0.25) is 11.8 Å². The van der Waals surface area contributed by atoms with Crippen molar-refractivity contribution in [3.8, 4) is 0 Å². The lowest BCUT2D eigenvalue weighted by molar-refractivity contribution is -0.141. The number of benzene rings is 1. The van der Waals surface area contributed by atoms with Crippen molar-refractivity contribution in [1.29, 1.82) is 0 Å². The highest BCUT2D eigenvalue weighted by Crippen LogP contribution is 2.30. The summed E-state index contributed by atoms with van der Waals surface area (Å²) in [5, 5.41) is 6.22. The first-order valence-electron chi connectivity index (χ1n) is 12.8. The summed E-state index contributed by atoms with van der Waals surface area (Å²) in [4.78, 5) is 41.4. The lowest BCUT2D eigenvalue weighted by atomic mass is 9.76. The normalized spacial score (nSPS) is 15.1. The third kappa shape index (κ3) is 8.67. The van der Waals surface area contributed by atoms with E-state index in [2.05, 4.69) is 26.6 Å². The fraction of sp³-hybridized carbons (Fsp3) is 0.621. The number of hydrogen-bond acceptors (Lipinski definition) is 5. The molecule has 0 fully saturated rings. The van der Waals surface area contributed by atoms with Gasteiger partial charge in [-0.25, -0.2) is 4.79 Å². The first-order valence-corrected chi connectivity index (χ1v) is 13.6. The number of amides is 2. The van der Waals surface area contributed by atoms with Gasteiger partial charge >= 0.3 is 5.97 Å². The van der Waals surface area contributed by atoms with Crippen LogP contribution in [0.4, 0.5) is 0 Å². The number of halogens is 1. The van der Waals surface area contributed by atoms with Crippen LogP contribution in [0.25, 0.3) is 0 Å². The Labute approximate surface area is 231 Å². The Morgan fingerprint density at radius 1 is 1.11 bits per heavy atom. The molecular weight excluding hydrogens is 534 g/mol. The summed E-state index contributed by atoms with van der Waals surface area (Å²) in [7, 11) is 3.47. The van der Waals surface area contributed by atoms with Gasteiger partial charge in [-0.1, -0.05) is 82.6 Å². The zero-order valence-corrected chi connectivity index (χ0v) is 25.9. The Balaban J connectivity index is 3.31. The second-order valence-electron chi connectivity index (χ2n) is 11.5. The van der Waals surface area contributed by atoms with Gasteiger partial charge in [0, 0.05) is 22.5 Å². The van der Waals surface area contributed by atoms with Crippen LogP contribution in [-0.2, 0) is 24.5 Å². The molecule has 8 heteroatoms. The molecule has 0 saturated heterocycles. The molecule has 0 heterocycles. The van der Waals surface area contributed by atoms with Crippen LogP contribution in [0, 0.1) is 11.3 Å². The molecule has 0 aromatic heterocycles. The molecule has 0 bridgehead atoms. The summed E-state index contributed by atoms with van der Waals surface area (Å²) in [6, 6.07) is 6.17. The highest BCUT2D eigenvalue weighted by atomic mass is 79.9. The molecule has 2 amide bonds. The monoisotopic (exact) mass is 579 g/mol. The maximum Gasteiger partial charge on any atom is 0.333 e. The van der Waals surface area contributed by atoms with E-state index in [1.165, 1.54) is 0 Å². The quantitative estimate of drug-likeness (QED) is 0.289. The van der Waals surface area contributed by atoms with Crippen molar-refractivity contribution < 1.29 is 19.1 Å². The average molecular weight is 581 g/mol. The summed E-state index contributed by atoms with van der Waals surface area (Å²) in [5.74, 6) is -0.840. The standard InChI is InChI=1S/C29H46BrN3O4/c1-12-37-27(36)19(4)16-22(18(2)3)33(11)26(35)24(28(5,6)7)32-25(34)23(31-10)29(8,9)20-14-13-15-21(30)17-20/h13-18,22-24,31H,12H2,1-11H3,(H,32,34)/b19-16+/t22-,23?,24-/m1/s1. The minimum atomic E-state index is -0.781. The minimum Gasteiger partial charge on any atom is -0.463 e. The van der Waals surface area contributed by atoms with Crippen LogP contribution < -0.4 is 10.6 Å². The molecule has 0 aliphatic carbocycles. The van der Waals surface area contributed by atoms with Gasteiger partial charge in [0.05, 0.1) is 18.7 Å². The van der Waals surface area contributed by atoms with Crippen molar-refractivity contribution in [3.63, 3.8) is 0 Å². The van der Waals surface area contributed by atoms with E-state index < -0.39 is 28.9 Å². The van der Waals surface area contributed by atoms with Crippen LogP contribution in [0.2, 0.25) is 0 Å². The molecule has 208 valence electrons. The second-order valence-corrected chi connectivity index (χ2v) is 12.4. The van der Waals surface area contributed by atoms with Gasteiger partial charge in [-0.2, -0.15) is 0 Å². The number of nitrogens with one attached hydrogen (secondary N) is 2. The predicted octanol–water partition coefficient (Wildman–Crippen LogP) is 4.84. The van der Waals surface area contributed by atoms with Crippen LogP contribution in [0.1, 0.15) is 67.9 Å². The zero-order valence-electron chi connectivity index (χ0n) is 24.4. The largest absolute Gasteiger partial charge is 0.463 e. The lowest BCUT2D eigenvalue weighted by Crippen LogP contribution is -2.61. The number of nitrogens with zero attached hydrogens (tertiary/aromatic N) is 1. The first-order chi connectivity index (χ1) is 17.0. The summed E-state index contributed by atoms with van der Waals surface area (Å²) in [5.41, 5.74) is 0.328. The van der Waals surface area contributed by atoms with Crippen molar-refractivity contribution >= 4 is 33.7 Å². The fourth-order valence-electron chi connectivity index (χ4n) is 4.42. The van der Waals surface area contributed by atoms with Crippen LogP contribution in [-0.4, -0.2) is 61.5 Å². The SMILES string of the molecule is CCOC(=O)/C(C)=C/[C@H](C(C)C)N(C)C(=O)[C@@H](NC(=O)C(NC)C(C)(C)c1cccc(Br)c1)C(C)(C)C. The zero-order chi connectivity index (χ0) is 28.7. The van der Waals surface area contributed by atoms with E-state index in [1.54, 1.807) is 38.9 Å². The van der Waals surface area contributed by atoms with Crippen molar-refractivity contribution in [2.45, 2.75) is 85.9 Å². The molecule has 1 rings (SSSR count). The Bertz CT molecular complexity index is 982. The van der Waals surface area contributed by atoms with Gasteiger partial charge in [0.15, 0.2) is 0 Å². The van der Waals surface area contributed by atoms with Crippen molar-refractivity contribution in [2.75, 3.05) is 20.7 Å². The highest BCUT2D eigenvalue weighted by Gasteiger charge is 2.41. The molecule has 0 spiro atoms. The Morgan fingerprint density at radius 2 is 1.70 bits per heavy atom. The summed E-state index contributed by atoms with van der Waals surface area (Å²) in [6.07, 6.45) is 1.77. The molecule has 0 aliphatic rings. The van der Waals surface area contributed by atoms with E-state index in [9.17, 15) is 14.4 Å². The summed E-state index contributed by atoms with van der Waals surface area (Å²) < 4.78 is 6.05. The minimum absolute atomic E-state index is 0.0372. The summed E-state index contributed by atoms with van der Waals surface area (Å²) in [6.45, 7) is 17.5. The van der Waals surface area contributed by atoms with Gasteiger partial charge in [0.25, 0.3) is 0 Å². The first kappa shape index (κ1) is 32.8. The third-order valence-corrected chi connectivity index (χ3v) is 7.23. The number of carbonyl (C=O) groups excluding carboxylic acids is 3. The number of carbonyl (C=O) groups is 3. The van der Waals surface area contributed by atoms with Gasteiger partial charge in [-0.3, -0.25) is 9.59 Å². The molecule has 1 aromatic rings. The van der Waals surface area contributed by atoms with Crippen LogP contribution >= 0.6 is 15.9 Å². The maximum absolute atomic E-state index is 13.9. The average Bonchev–Trinajstić information content (AvgIpc) is 2.79. The highest BCUT2D eigenvalue weighted by molar-refractivity contribution is 9.10. The van der Waals surface area contributed by atoms with E-state index in [4.69, 9.17) is 4.74 Å². The molecule has 37 heavy (non-hydrogen) atoms. The van der Waals surface area contributed by atoms with Gasteiger partial charge in [0.1, 0.15) is 6.04 Å². The second kappa shape index (κ2) is 13.6. The predicted molar refractivity (Wildman–Crippen MR) is 153 cm³/mol. The Kier molecular flexibility index (Phi) is 12.0. The molecule has 3 atom stereocenters. The number of likely N-dealkylation sites (N-methyl/N-ethyl adjacent to an activating group) is 2. The number of rotatable bonds is 11. The molecule has 0 radical (unpaired) electrons. The van der Waals surface area contributed by atoms with E-state index in [0.29, 0.717) is 5.57 Å². The van der Waals surface area contributed by atoms with E-state index >= 15 is 0 Å². The van der Waals surface area contributed by atoms with E-state index in [0.717, 1.165) is 10.0 Å². The lowest BCUT2D eigenvalue weighted by Gasteiger charge is -2.40. The molecule has 7 nitrogen and oxygen atoms in total.